The van der Waals surface area contributed by atoms with Gasteiger partial charge in [0.1, 0.15) is 0 Å². The summed E-state index contributed by atoms with van der Waals surface area (Å²) in [6.45, 7) is 2.15. The lowest BCUT2D eigenvalue weighted by Gasteiger charge is -1.98. The molecule has 0 heterocycles. The van der Waals surface area contributed by atoms with Crippen LogP contribution in [0, 0.1) is 6.92 Å². The van der Waals surface area contributed by atoms with E-state index in [0.29, 0.717) is 0 Å². The summed E-state index contributed by atoms with van der Waals surface area (Å²) in [5, 5.41) is 1.45. The van der Waals surface area contributed by atoms with Crippen LogP contribution in [-0.4, -0.2) is 0 Å². The molecule has 0 amide bonds. The van der Waals surface area contributed by atoms with Crippen molar-refractivity contribution in [2.45, 2.75) is 6.92 Å². The van der Waals surface area contributed by atoms with E-state index in [1.807, 2.05) is 0 Å². The summed E-state index contributed by atoms with van der Waals surface area (Å²) in [4.78, 5) is 0. The molecule has 1 aromatic rings. The Morgan fingerprint density at radius 1 is 1.33 bits per heavy atom. The summed E-state index contributed by atoms with van der Waals surface area (Å²) in [5.41, 5.74) is 1.39. The lowest BCUT2D eigenvalue weighted by molar-refractivity contribution is 1.52. The van der Waals surface area contributed by atoms with Gasteiger partial charge in [0.2, 0.25) is 0 Å². The van der Waals surface area contributed by atoms with Crippen molar-refractivity contribution in [1.82, 2.24) is 0 Å². The van der Waals surface area contributed by atoms with Gasteiger partial charge in [-0.3, -0.25) is 0 Å². The molecule has 2 unspecified atom stereocenters. The third-order valence-corrected chi connectivity index (χ3v) is 3.11. The first-order valence-electron chi connectivity index (χ1n) is 2.87. The molecule has 0 saturated carbocycles. The Balaban J connectivity index is 3.01. The molecule has 0 N–H and O–H groups in total. The van der Waals surface area contributed by atoms with Crippen LogP contribution in [0.25, 0.3) is 0 Å². The van der Waals surface area contributed by atoms with E-state index in [-0.39, 0.29) is 0 Å². The van der Waals surface area contributed by atoms with E-state index in [2.05, 4.69) is 40.1 Å². The summed E-state index contributed by atoms with van der Waals surface area (Å²) < 4.78 is 0. The Bertz CT molecular complexity index is 196. The molecule has 2 heteroatoms. The van der Waals surface area contributed by atoms with Crippen molar-refractivity contribution >= 4 is 22.5 Å². The summed E-state index contributed by atoms with van der Waals surface area (Å²) >= 11 is 0. The molecule has 0 aliphatic rings. The Hall–Kier alpha value is 0.0800. The Kier molecular flexibility index (Phi) is 2.64. The predicted molar refractivity (Wildman–Crippen MR) is 48.8 cm³/mol. The van der Waals surface area contributed by atoms with Crippen molar-refractivity contribution in [3.63, 3.8) is 0 Å². The van der Waals surface area contributed by atoms with Crippen molar-refractivity contribution in [2.24, 2.45) is 0 Å². The minimum atomic E-state index is 0.846. The molecule has 48 valence electrons. The second kappa shape index (κ2) is 3.30. The molecule has 0 saturated heterocycles. The molecule has 0 aliphatic carbocycles. The van der Waals surface area contributed by atoms with Gasteiger partial charge in [-0.25, -0.2) is 0 Å². The fourth-order valence-corrected chi connectivity index (χ4v) is 2.21. The quantitative estimate of drug-likeness (QED) is 0.546. The van der Waals surface area contributed by atoms with Crippen LogP contribution in [0.4, 0.5) is 0 Å². The normalized spacial score (nSPS) is 10.9. The molecule has 0 aliphatic heterocycles. The SMILES string of the molecule is Cc1ccccc1PP. The van der Waals surface area contributed by atoms with Gasteiger partial charge in [0.25, 0.3) is 0 Å². The molecule has 0 aromatic heterocycles. The summed E-state index contributed by atoms with van der Waals surface area (Å²) in [5.74, 6) is 0. The van der Waals surface area contributed by atoms with Gasteiger partial charge in [-0.1, -0.05) is 32.5 Å². The highest BCUT2D eigenvalue weighted by Crippen LogP contribution is 2.20. The van der Waals surface area contributed by atoms with Crippen LogP contribution in [0.15, 0.2) is 24.3 Å². The third kappa shape index (κ3) is 1.75. The van der Waals surface area contributed by atoms with Gasteiger partial charge >= 0.3 is 0 Å². The fraction of sp³-hybridized carbons (Fsp3) is 0.143. The summed E-state index contributed by atoms with van der Waals surface area (Å²) in [7, 11) is 3.60. The highest BCUT2D eigenvalue weighted by molar-refractivity contribution is 8.06. The van der Waals surface area contributed by atoms with E-state index in [4.69, 9.17) is 0 Å². The maximum atomic E-state index is 2.76. The van der Waals surface area contributed by atoms with Crippen LogP contribution in [0.3, 0.4) is 0 Å². The van der Waals surface area contributed by atoms with Crippen LogP contribution in [0.1, 0.15) is 5.56 Å². The summed E-state index contributed by atoms with van der Waals surface area (Å²) in [6.07, 6.45) is 0. The first kappa shape index (κ1) is 7.19. The van der Waals surface area contributed by atoms with Crippen molar-refractivity contribution in [2.75, 3.05) is 0 Å². The second-order valence-electron chi connectivity index (χ2n) is 1.96. The topological polar surface area (TPSA) is 0 Å². The fourth-order valence-electron chi connectivity index (χ4n) is 0.735. The minimum absolute atomic E-state index is 0.846. The van der Waals surface area contributed by atoms with E-state index in [1.54, 1.807) is 0 Å². The van der Waals surface area contributed by atoms with Crippen LogP contribution in [-0.2, 0) is 0 Å². The molecule has 2 atom stereocenters. The molecule has 0 spiro atoms. The van der Waals surface area contributed by atoms with Crippen molar-refractivity contribution < 1.29 is 0 Å². The van der Waals surface area contributed by atoms with Crippen LogP contribution in [0.5, 0.6) is 0 Å². The molecule has 0 nitrogen and oxygen atoms in total. The molecule has 1 aromatic carbocycles. The van der Waals surface area contributed by atoms with Gasteiger partial charge < -0.3 is 0 Å². The molecule has 1 rings (SSSR count). The van der Waals surface area contributed by atoms with Gasteiger partial charge in [0, 0.05) is 0 Å². The Morgan fingerprint density at radius 2 is 2.00 bits per heavy atom. The van der Waals surface area contributed by atoms with E-state index in [9.17, 15) is 0 Å². The number of benzene rings is 1. The average molecular weight is 156 g/mol. The number of aryl methyl sites for hydroxylation is 1. The summed E-state index contributed by atoms with van der Waals surface area (Å²) in [6, 6.07) is 8.47. The molecular weight excluding hydrogens is 146 g/mol. The van der Waals surface area contributed by atoms with Crippen molar-refractivity contribution in [3.8, 4) is 0 Å². The number of hydrogen-bond donors (Lipinski definition) is 0. The zero-order chi connectivity index (χ0) is 6.69. The highest BCUT2D eigenvalue weighted by Gasteiger charge is 1.89. The highest BCUT2D eigenvalue weighted by atomic mass is 32.0. The molecular formula is C7H10P2. The third-order valence-electron chi connectivity index (χ3n) is 1.30. The molecule has 0 bridgehead atoms. The Labute approximate surface area is 59.9 Å². The van der Waals surface area contributed by atoms with E-state index in [1.165, 1.54) is 10.9 Å². The number of hydrogen-bond acceptors (Lipinski definition) is 0. The second-order valence-corrected chi connectivity index (χ2v) is 3.65. The van der Waals surface area contributed by atoms with Gasteiger partial charge in [-0.15, -0.1) is 8.93 Å². The maximum Gasteiger partial charge on any atom is -0.0204 e. The average Bonchev–Trinajstić information content (AvgIpc) is 1.89. The predicted octanol–water partition coefficient (Wildman–Crippen LogP) is 2.09. The monoisotopic (exact) mass is 156 g/mol. The van der Waals surface area contributed by atoms with Gasteiger partial charge in [-0.2, -0.15) is 0 Å². The van der Waals surface area contributed by atoms with Gasteiger partial charge in [0.15, 0.2) is 0 Å². The number of rotatable bonds is 1. The van der Waals surface area contributed by atoms with E-state index in [0.717, 1.165) is 8.27 Å². The maximum absolute atomic E-state index is 2.76. The smallest absolute Gasteiger partial charge is 0.0204 e. The first-order chi connectivity index (χ1) is 4.34. The zero-order valence-electron chi connectivity index (χ0n) is 5.39. The largest absolute Gasteiger partial charge is 0.110 e. The lowest BCUT2D eigenvalue weighted by atomic mass is 10.2. The van der Waals surface area contributed by atoms with E-state index >= 15 is 0 Å². The van der Waals surface area contributed by atoms with Crippen LogP contribution < -0.4 is 5.30 Å². The van der Waals surface area contributed by atoms with Gasteiger partial charge in [0.05, 0.1) is 0 Å². The zero-order valence-corrected chi connectivity index (χ0v) is 7.54. The minimum Gasteiger partial charge on any atom is -0.110 e. The molecule has 9 heavy (non-hydrogen) atoms. The standard InChI is InChI=1S/C7H10P2/c1-6-4-2-3-5-7(6)9-8/h2-5,9H,8H2,1H3. The van der Waals surface area contributed by atoms with E-state index < -0.39 is 0 Å². The Morgan fingerprint density at radius 3 is 2.44 bits per heavy atom. The van der Waals surface area contributed by atoms with Crippen molar-refractivity contribution in [3.05, 3.63) is 29.8 Å². The van der Waals surface area contributed by atoms with Crippen LogP contribution >= 0.6 is 17.2 Å². The first-order valence-corrected chi connectivity index (χ1v) is 5.68. The van der Waals surface area contributed by atoms with Crippen molar-refractivity contribution in [1.29, 1.82) is 0 Å². The van der Waals surface area contributed by atoms with Gasteiger partial charge in [-0.05, 0) is 17.8 Å². The lowest BCUT2D eigenvalue weighted by Crippen LogP contribution is -1.94. The molecule has 0 radical (unpaired) electrons. The molecule has 0 fully saturated rings. The van der Waals surface area contributed by atoms with Crippen LogP contribution in [0.2, 0.25) is 0 Å².